The Morgan fingerprint density at radius 2 is 1.88 bits per heavy atom. The van der Waals surface area contributed by atoms with Gasteiger partial charge in [0.15, 0.2) is 0 Å². The molecule has 0 saturated carbocycles. The minimum Gasteiger partial charge on any atom is -0.487 e. The zero-order valence-corrected chi connectivity index (χ0v) is 10.1. The van der Waals surface area contributed by atoms with E-state index in [-0.39, 0.29) is 0 Å². The number of pyridine rings is 1. The molecule has 2 nitrogen and oxygen atoms in total. The van der Waals surface area contributed by atoms with Gasteiger partial charge in [0.05, 0.1) is 6.20 Å². The highest BCUT2D eigenvalue weighted by molar-refractivity contribution is 5.21. The van der Waals surface area contributed by atoms with E-state index < -0.39 is 0 Å². The third kappa shape index (κ3) is 3.59. The number of rotatable bonds is 5. The summed E-state index contributed by atoms with van der Waals surface area (Å²) in [6.45, 7) is 2.75. The predicted octanol–water partition coefficient (Wildman–Crippen LogP) is 3.61. The van der Waals surface area contributed by atoms with Crippen LogP contribution in [0, 0.1) is 0 Å². The topological polar surface area (TPSA) is 22.1 Å². The lowest BCUT2D eigenvalue weighted by Gasteiger charge is -2.06. The fraction of sp³-hybridized carbons (Fsp3) is 0.267. The van der Waals surface area contributed by atoms with Gasteiger partial charge in [0.1, 0.15) is 12.4 Å². The first-order valence-corrected chi connectivity index (χ1v) is 6.00. The Morgan fingerprint density at radius 1 is 1.06 bits per heavy atom. The van der Waals surface area contributed by atoms with Gasteiger partial charge in [0, 0.05) is 5.69 Å². The van der Waals surface area contributed by atoms with E-state index in [1.165, 1.54) is 5.56 Å². The zero-order chi connectivity index (χ0) is 11.9. The molecule has 0 aliphatic rings. The molecule has 1 heterocycles. The molecule has 0 amide bonds. The van der Waals surface area contributed by atoms with Gasteiger partial charge in [0.2, 0.25) is 0 Å². The van der Waals surface area contributed by atoms with E-state index in [4.69, 9.17) is 4.74 Å². The molecule has 0 N–H and O–H groups in total. The molecule has 2 heteroatoms. The largest absolute Gasteiger partial charge is 0.487 e. The van der Waals surface area contributed by atoms with Crippen molar-refractivity contribution in [2.24, 2.45) is 0 Å². The highest BCUT2D eigenvalue weighted by Gasteiger charge is 1.97. The van der Waals surface area contributed by atoms with E-state index in [1.54, 1.807) is 6.20 Å². The first kappa shape index (κ1) is 11.6. The van der Waals surface area contributed by atoms with Gasteiger partial charge in [0.25, 0.3) is 0 Å². The van der Waals surface area contributed by atoms with E-state index >= 15 is 0 Å². The molecule has 0 atom stereocenters. The molecular formula is C15H17NO. The zero-order valence-electron chi connectivity index (χ0n) is 10.1. The third-order valence-electron chi connectivity index (χ3n) is 2.55. The number of aromatic nitrogens is 1. The van der Waals surface area contributed by atoms with Crippen LogP contribution in [0.1, 0.15) is 24.6 Å². The Morgan fingerprint density at radius 3 is 2.53 bits per heavy atom. The van der Waals surface area contributed by atoms with E-state index in [0.717, 1.165) is 24.3 Å². The quantitative estimate of drug-likeness (QED) is 0.778. The Balaban J connectivity index is 1.91. The van der Waals surface area contributed by atoms with Crippen molar-refractivity contribution in [2.75, 3.05) is 0 Å². The van der Waals surface area contributed by atoms with Gasteiger partial charge in [-0.25, -0.2) is 0 Å². The third-order valence-corrected chi connectivity index (χ3v) is 2.55. The van der Waals surface area contributed by atoms with Crippen molar-refractivity contribution in [1.29, 1.82) is 0 Å². The Bertz CT molecular complexity index is 436. The van der Waals surface area contributed by atoms with Crippen LogP contribution in [0.2, 0.25) is 0 Å². The lowest BCUT2D eigenvalue weighted by atomic mass is 10.2. The molecule has 0 fully saturated rings. The number of benzene rings is 1. The first-order valence-electron chi connectivity index (χ1n) is 6.00. The number of ether oxygens (including phenoxy) is 1. The van der Waals surface area contributed by atoms with Gasteiger partial charge in [-0.2, -0.15) is 0 Å². The van der Waals surface area contributed by atoms with Crippen LogP contribution < -0.4 is 4.74 Å². The first-order chi connectivity index (χ1) is 8.38. The van der Waals surface area contributed by atoms with Crippen molar-refractivity contribution in [1.82, 2.24) is 4.98 Å². The molecule has 0 spiro atoms. The van der Waals surface area contributed by atoms with Crippen LogP contribution in [0.25, 0.3) is 0 Å². The van der Waals surface area contributed by atoms with E-state index in [0.29, 0.717) is 6.61 Å². The Labute approximate surface area is 102 Å². The summed E-state index contributed by atoms with van der Waals surface area (Å²) in [4.78, 5) is 4.36. The smallest absolute Gasteiger partial charge is 0.138 e. The number of hydrogen-bond donors (Lipinski definition) is 0. The van der Waals surface area contributed by atoms with Crippen LogP contribution >= 0.6 is 0 Å². The van der Waals surface area contributed by atoms with Crippen LogP contribution in [0.15, 0.2) is 48.7 Å². The van der Waals surface area contributed by atoms with Gasteiger partial charge in [-0.1, -0.05) is 43.7 Å². The van der Waals surface area contributed by atoms with Crippen LogP contribution in [-0.2, 0) is 13.0 Å². The SMILES string of the molecule is CCCc1ccc(OCc2ccccc2)cn1. The highest BCUT2D eigenvalue weighted by Crippen LogP contribution is 2.12. The molecule has 0 saturated heterocycles. The summed E-state index contributed by atoms with van der Waals surface area (Å²) in [5.41, 5.74) is 2.30. The lowest BCUT2D eigenvalue weighted by Crippen LogP contribution is -1.96. The second kappa shape index (κ2) is 6.04. The standard InChI is InChI=1S/C15H17NO/c1-2-6-14-9-10-15(11-16-14)17-12-13-7-4-3-5-8-13/h3-5,7-11H,2,6,12H2,1H3. The second-order valence-corrected chi connectivity index (χ2v) is 4.01. The van der Waals surface area contributed by atoms with E-state index in [2.05, 4.69) is 24.0 Å². The molecule has 0 bridgehead atoms. The summed E-state index contributed by atoms with van der Waals surface area (Å²) in [5.74, 6) is 0.828. The summed E-state index contributed by atoms with van der Waals surface area (Å²) in [7, 11) is 0. The molecule has 2 aromatic rings. The van der Waals surface area contributed by atoms with E-state index in [9.17, 15) is 0 Å². The van der Waals surface area contributed by atoms with Crippen molar-refractivity contribution < 1.29 is 4.74 Å². The fourth-order valence-corrected chi connectivity index (χ4v) is 1.64. The molecule has 0 radical (unpaired) electrons. The Kier molecular flexibility index (Phi) is 4.14. The van der Waals surface area contributed by atoms with E-state index in [1.807, 2.05) is 30.3 Å². The van der Waals surface area contributed by atoms with Crippen molar-refractivity contribution >= 4 is 0 Å². The number of aryl methyl sites for hydroxylation is 1. The summed E-state index contributed by atoms with van der Waals surface area (Å²) < 4.78 is 5.66. The van der Waals surface area contributed by atoms with Crippen molar-refractivity contribution in [3.05, 3.63) is 59.9 Å². The molecule has 0 unspecified atom stereocenters. The minimum absolute atomic E-state index is 0.593. The summed E-state index contributed by atoms with van der Waals surface area (Å²) in [6.07, 6.45) is 3.95. The maximum Gasteiger partial charge on any atom is 0.138 e. The number of hydrogen-bond acceptors (Lipinski definition) is 2. The van der Waals surface area contributed by atoms with Crippen LogP contribution in [0.4, 0.5) is 0 Å². The highest BCUT2D eigenvalue weighted by atomic mass is 16.5. The molecular weight excluding hydrogens is 210 g/mol. The van der Waals surface area contributed by atoms with Crippen LogP contribution in [0.3, 0.4) is 0 Å². The molecule has 2 rings (SSSR count). The Hall–Kier alpha value is -1.83. The summed E-state index contributed by atoms with van der Waals surface area (Å²) in [6, 6.07) is 14.2. The normalized spacial score (nSPS) is 10.2. The number of nitrogens with zero attached hydrogens (tertiary/aromatic N) is 1. The second-order valence-electron chi connectivity index (χ2n) is 4.01. The van der Waals surface area contributed by atoms with Crippen molar-refractivity contribution in [2.45, 2.75) is 26.4 Å². The fourth-order valence-electron chi connectivity index (χ4n) is 1.64. The van der Waals surface area contributed by atoms with Crippen molar-refractivity contribution in [3.63, 3.8) is 0 Å². The molecule has 17 heavy (non-hydrogen) atoms. The molecule has 0 aliphatic carbocycles. The maximum absolute atomic E-state index is 5.66. The van der Waals surface area contributed by atoms with Gasteiger partial charge in [-0.15, -0.1) is 0 Å². The van der Waals surface area contributed by atoms with Crippen LogP contribution in [0.5, 0.6) is 5.75 Å². The monoisotopic (exact) mass is 227 g/mol. The summed E-state index contributed by atoms with van der Waals surface area (Å²) >= 11 is 0. The molecule has 1 aromatic heterocycles. The molecule has 88 valence electrons. The molecule has 1 aromatic carbocycles. The predicted molar refractivity (Wildman–Crippen MR) is 69.0 cm³/mol. The average molecular weight is 227 g/mol. The minimum atomic E-state index is 0.593. The summed E-state index contributed by atoms with van der Waals surface area (Å²) in [5, 5.41) is 0. The van der Waals surface area contributed by atoms with Gasteiger partial charge >= 0.3 is 0 Å². The molecule has 0 aliphatic heterocycles. The lowest BCUT2D eigenvalue weighted by molar-refractivity contribution is 0.305. The van der Waals surface area contributed by atoms with Gasteiger partial charge in [-0.05, 0) is 24.1 Å². The van der Waals surface area contributed by atoms with Crippen molar-refractivity contribution in [3.8, 4) is 5.75 Å². The van der Waals surface area contributed by atoms with Crippen LogP contribution in [-0.4, -0.2) is 4.98 Å². The average Bonchev–Trinajstić information content (AvgIpc) is 2.40. The van der Waals surface area contributed by atoms with Gasteiger partial charge < -0.3 is 4.74 Å². The van der Waals surface area contributed by atoms with Gasteiger partial charge in [-0.3, -0.25) is 4.98 Å². The maximum atomic E-state index is 5.66.